The summed E-state index contributed by atoms with van der Waals surface area (Å²) in [7, 11) is 0. The van der Waals surface area contributed by atoms with Crippen molar-refractivity contribution in [2.45, 2.75) is 36.9 Å². The van der Waals surface area contributed by atoms with Crippen LogP contribution in [0.4, 0.5) is 18.9 Å². The Labute approximate surface area is 113 Å². The SMILES string of the molecule is CC(C)c1ccc2c(c1)S/C(=C/C(O)C(F)(F)F)N2. The van der Waals surface area contributed by atoms with Crippen LogP contribution in [0.15, 0.2) is 34.2 Å². The molecule has 0 bridgehead atoms. The highest BCUT2D eigenvalue weighted by Gasteiger charge is 2.37. The van der Waals surface area contributed by atoms with Gasteiger partial charge in [-0.1, -0.05) is 31.7 Å². The van der Waals surface area contributed by atoms with Gasteiger partial charge in [0.2, 0.25) is 0 Å². The first-order chi connectivity index (χ1) is 8.77. The molecule has 1 aliphatic rings. The van der Waals surface area contributed by atoms with E-state index in [1.165, 1.54) is 11.8 Å². The maximum Gasteiger partial charge on any atom is 0.418 e. The molecule has 0 saturated heterocycles. The number of hydrogen-bond donors (Lipinski definition) is 2. The quantitative estimate of drug-likeness (QED) is 0.860. The highest BCUT2D eigenvalue weighted by Crippen LogP contribution is 2.42. The summed E-state index contributed by atoms with van der Waals surface area (Å²) in [6, 6.07) is 5.75. The lowest BCUT2D eigenvalue weighted by Gasteiger charge is -2.10. The fourth-order valence-electron chi connectivity index (χ4n) is 1.68. The van der Waals surface area contributed by atoms with Crippen LogP contribution >= 0.6 is 11.8 Å². The average molecular weight is 289 g/mol. The normalized spacial score (nSPS) is 18.6. The van der Waals surface area contributed by atoms with Crippen LogP contribution in [-0.2, 0) is 0 Å². The predicted molar refractivity (Wildman–Crippen MR) is 70.2 cm³/mol. The number of aliphatic hydroxyl groups excluding tert-OH is 1. The number of fused-ring (bicyclic) bond motifs is 1. The second-order valence-corrected chi connectivity index (χ2v) is 5.74. The van der Waals surface area contributed by atoms with Crippen LogP contribution in [0.25, 0.3) is 0 Å². The summed E-state index contributed by atoms with van der Waals surface area (Å²) in [6.45, 7) is 4.11. The Hall–Kier alpha value is -1.14. The van der Waals surface area contributed by atoms with Crippen LogP contribution in [0.3, 0.4) is 0 Å². The number of nitrogens with one attached hydrogen (secondary N) is 1. The maximum absolute atomic E-state index is 12.3. The lowest BCUT2D eigenvalue weighted by Crippen LogP contribution is -2.26. The Kier molecular flexibility index (Phi) is 3.82. The topological polar surface area (TPSA) is 32.3 Å². The van der Waals surface area contributed by atoms with E-state index in [-0.39, 0.29) is 0 Å². The van der Waals surface area contributed by atoms with E-state index >= 15 is 0 Å². The summed E-state index contributed by atoms with van der Waals surface area (Å²) in [5.74, 6) is 0.361. The maximum atomic E-state index is 12.3. The van der Waals surface area contributed by atoms with E-state index in [0.29, 0.717) is 10.9 Å². The number of aliphatic hydroxyl groups is 1. The third-order valence-corrected chi connectivity index (χ3v) is 3.81. The lowest BCUT2D eigenvalue weighted by molar-refractivity contribution is -0.187. The minimum Gasteiger partial charge on any atom is -0.380 e. The largest absolute Gasteiger partial charge is 0.418 e. The van der Waals surface area contributed by atoms with Gasteiger partial charge in [0.15, 0.2) is 6.10 Å². The van der Waals surface area contributed by atoms with Gasteiger partial charge in [0.1, 0.15) is 0 Å². The molecule has 2 rings (SSSR count). The fourth-order valence-corrected chi connectivity index (χ4v) is 2.69. The first-order valence-electron chi connectivity index (χ1n) is 5.83. The van der Waals surface area contributed by atoms with E-state index in [0.717, 1.165) is 22.2 Å². The predicted octanol–water partition coefficient (Wildman–Crippen LogP) is 4.09. The summed E-state index contributed by atoms with van der Waals surface area (Å²) < 4.78 is 36.8. The minimum atomic E-state index is -4.63. The lowest BCUT2D eigenvalue weighted by atomic mass is 10.0. The Morgan fingerprint density at radius 2 is 2.00 bits per heavy atom. The molecule has 104 valence electrons. The molecule has 0 fully saturated rings. The molecule has 1 aliphatic heterocycles. The van der Waals surface area contributed by atoms with Gasteiger partial charge in [-0.3, -0.25) is 0 Å². The van der Waals surface area contributed by atoms with E-state index < -0.39 is 12.3 Å². The number of thioether (sulfide) groups is 1. The summed E-state index contributed by atoms with van der Waals surface area (Å²) in [4.78, 5) is 0.881. The van der Waals surface area contributed by atoms with Crippen LogP contribution in [0.5, 0.6) is 0 Å². The molecule has 0 radical (unpaired) electrons. The number of halogens is 3. The third-order valence-electron chi connectivity index (χ3n) is 2.79. The van der Waals surface area contributed by atoms with Crippen LogP contribution in [0.1, 0.15) is 25.3 Å². The molecule has 1 atom stereocenters. The number of benzene rings is 1. The molecule has 0 spiro atoms. The van der Waals surface area contributed by atoms with E-state index in [1.54, 1.807) is 0 Å². The minimum absolute atomic E-state index is 0.306. The van der Waals surface area contributed by atoms with Crippen LogP contribution in [0, 0.1) is 0 Å². The molecular formula is C13H14F3NOS. The first-order valence-corrected chi connectivity index (χ1v) is 6.64. The van der Waals surface area contributed by atoms with Crippen LogP contribution in [-0.4, -0.2) is 17.4 Å². The monoisotopic (exact) mass is 289 g/mol. The van der Waals surface area contributed by atoms with E-state index in [4.69, 9.17) is 5.11 Å². The smallest absolute Gasteiger partial charge is 0.380 e. The van der Waals surface area contributed by atoms with Crippen molar-refractivity contribution < 1.29 is 18.3 Å². The molecule has 0 aromatic heterocycles. The molecule has 1 unspecified atom stereocenters. The second-order valence-electron chi connectivity index (χ2n) is 4.65. The Balaban J connectivity index is 2.18. The molecular weight excluding hydrogens is 275 g/mol. The molecule has 0 aliphatic carbocycles. The number of hydrogen-bond acceptors (Lipinski definition) is 3. The van der Waals surface area contributed by atoms with Crippen molar-refractivity contribution in [3.63, 3.8) is 0 Å². The summed E-state index contributed by atoms with van der Waals surface area (Å²) in [5.41, 5.74) is 1.90. The van der Waals surface area contributed by atoms with Crippen molar-refractivity contribution in [3.05, 3.63) is 34.9 Å². The molecule has 6 heteroatoms. The van der Waals surface area contributed by atoms with Crippen LogP contribution < -0.4 is 5.32 Å². The highest BCUT2D eigenvalue weighted by molar-refractivity contribution is 8.03. The van der Waals surface area contributed by atoms with Crippen LogP contribution in [0.2, 0.25) is 0 Å². The third kappa shape index (κ3) is 3.25. The number of alkyl halides is 3. The zero-order valence-electron chi connectivity index (χ0n) is 10.5. The van der Waals surface area contributed by atoms with Crippen molar-refractivity contribution in [3.8, 4) is 0 Å². The van der Waals surface area contributed by atoms with Gasteiger partial charge in [0.25, 0.3) is 0 Å². The summed E-state index contributed by atoms with van der Waals surface area (Å²) in [5, 5.41) is 12.2. The molecule has 1 heterocycles. The molecule has 0 amide bonds. The molecule has 19 heavy (non-hydrogen) atoms. The Bertz CT molecular complexity index is 511. The molecule has 1 aromatic carbocycles. The summed E-state index contributed by atoms with van der Waals surface area (Å²) in [6.07, 6.45) is -6.28. The Morgan fingerprint density at radius 3 is 2.58 bits per heavy atom. The van der Waals surface area contributed by atoms with Crippen molar-refractivity contribution in [1.82, 2.24) is 0 Å². The van der Waals surface area contributed by atoms with E-state index in [1.807, 2.05) is 18.2 Å². The second kappa shape index (κ2) is 5.09. The van der Waals surface area contributed by atoms with Gasteiger partial charge in [-0.25, -0.2) is 0 Å². The molecule has 0 saturated carbocycles. The van der Waals surface area contributed by atoms with E-state index in [2.05, 4.69) is 19.2 Å². The zero-order valence-corrected chi connectivity index (χ0v) is 11.3. The number of rotatable bonds is 2. The van der Waals surface area contributed by atoms with Gasteiger partial charge < -0.3 is 10.4 Å². The highest BCUT2D eigenvalue weighted by atomic mass is 32.2. The van der Waals surface area contributed by atoms with Crippen molar-refractivity contribution >= 4 is 17.4 Å². The first kappa shape index (κ1) is 14.3. The average Bonchev–Trinajstić information content (AvgIpc) is 2.68. The molecule has 2 nitrogen and oxygen atoms in total. The van der Waals surface area contributed by atoms with Gasteiger partial charge in [0.05, 0.1) is 10.7 Å². The van der Waals surface area contributed by atoms with Gasteiger partial charge in [0, 0.05) is 4.90 Å². The molecule has 1 aromatic rings. The van der Waals surface area contributed by atoms with E-state index in [9.17, 15) is 13.2 Å². The van der Waals surface area contributed by atoms with Gasteiger partial charge in [-0.2, -0.15) is 13.2 Å². The van der Waals surface area contributed by atoms with Gasteiger partial charge >= 0.3 is 6.18 Å². The fraction of sp³-hybridized carbons (Fsp3) is 0.385. The van der Waals surface area contributed by atoms with Crippen molar-refractivity contribution in [2.24, 2.45) is 0 Å². The standard InChI is InChI=1S/C13H14F3NOS/c1-7(2)8-3-4-9-10(5-8)19-12(17-9)6-11(18)13(14,15)16/h3-7,11,17-18H,1-2H3/b12-6+. The van der Waals surface area contributed by atoms with Crippen molar-refractivity contribution in [1.29, 1.82) is 0 Å². The zero-order chi connectivity index (χ0) is 14.2. The van der Waals surface area contributed by atoms with Gasteiger partial charge in [-0.05, 0) is 29.7 Å². The molecule has 2 N–H and O–H groups in total. The van der Waals surface area contributed by atoms with Crippen molar-refractivity contribution in [2.75, 3.05) is 5.32 Å². The van der Waals surface area contributed by atoms with Gasteiger partial charge in [-0.15, -0.1) is 0 Å². The Morgan fingerprint density at radius 1 is 1.32 bits per heavy atom. The number of anilines is 1. The summed E-state index contributed by atoms with van der Waals surface area (Å²) >= 11 is 1.20.